The Labute approximate surface area is 64.2 Å². The van der Waals surface area contributed by atoms with Crippen molar-refractivity contribution >= 4 is 23.5 Å². The molecule has 0 bridgehead atoms. The number of carbonyl (C=O) groups is 1. The molecule has 0 saturated heterocycles. The fraction of sp³-hybridized carbons (Fsp3) is 0.833. The highest BCUT2D eigenvalue weighted by Gasteiger charge is 2.00. The van der Waals surface area contributed by atoms with Crippen molar-refractivity contribution in [3.63, 3.8) is 0 Å². The van der Waals surface area contributed by atoms with Crippen molar-refractivity contribution in [2.75, 3.05) is 18.3 Å². The molecular formula is C6H15BO2S. The van der Waals surface area contributed by atoms with Gasteiger partial charge in [-0.15, -0.1) is 9.93 Å². The minimum atomic E-state index is -1.87. The molecule has 0 radical (unpaired) electrons. The number of rotatable bonds is 4. The molecule has 0 aromatic carbocycles. The van der Waals surface area contributed by atoms with Gasteiger partial charge in [0.2, 0.25) is 0 Å². The Morgan fingerprint density at radius 2 is 2.00 bits per heavy atom. The first-order valence-corrected chi connectivity index (χ1v) is 6.24. The van der Waals surface area contributed by atoms with E-state index >= 15 is 0 Å². The SMILES string of the molecule is BC(=O)CCC[SH](C)(C)=O. The van der Waals surface area contributed by atoms with Crippen LogP contribution >= 0.6 is 0 Å². The first kappa shape index (κ1) is 9.88. The molecule has 10 heavy (non-hydrogen) atoms. The quantitative estimate of drug-likeness (QED) is 0.434. The Balaban J connectivity index is 3.39. The van der Waals surface area contributed by atoms with E-state index in [0.29, 0.717) is 12.2 Å². The van der Waals surface area contributed by atoms with Crippen molar-refractivity contribution in [1.29, 1.82) is 0 Å². The Kier molecular flexibility index (Phi) is 3.87. The van der Waals surface area contributed by atoms with Crippen LogP contribution in [0.15, 0.2) is 0 Å². The summed E-state index contributed by atoms with van der Waals surface area (Å²) >= 11 is 0. The molecule has 0 aromatic rings. The van der Waals surface area contributed by atoms with E-state index < -0.39 is 9.93 Å². The highest BCUT2D eigenvalue weighted by Crippen LogP contribution is 1.98. The fourth-order valence-corrected chi connectivity index (χ4v) is 1.63. The van der Waals surface area contributed by atoms with E-state index in [1.807, 2.05) is 0 Å². The second-order valence-electron chi connectivity index (χ2n) is 3.10. The summed E-state index contributed by atoms with van der Waals surface area (Å²) in [4.78, 5) is 10.4. The molecule has 0 N–H and O–H groups in total. The molecule has 0 rings (SSSR count). The molecule has 0 aliphatic rings. The lowest BCUT2D eigenvalue weighted by Crippen LogP contribution is -2.12. The van der Waals surface area contributed by atoms with Gasteiger partial charge >= 0.3 is 0 Å². The zero-order valence-corrected chi connectivity index (χ0v) is 7.78. The van der Waals surface area contributed by atoms with E-state index in [2.05, 4.69) is 0 Å². The molecule has 0 saturated carbocycles. The third kappa shape index (κ3) is 7.88. The first-order valence-electron chi connectivity index (χ1n) is 3.45. The van der Waals surface area contributed by atoms with Crippen molar-refractivity contribution in [2.45, 2.75) is 12.8 Å². The van der Waals surface area contributed by atoms with Crippen LogP contribution in [0.4, 0.5) is 0 Å². The molecule has 60 valence electrons. The fourth-order valence-electron chi connectivity index (χ4n) is 0.709. The molecule has 0 aliphatic carbocycles. The second-order valence-corrected chi connectivity index (χ2v) is 6.70. The lowest BCUT2D eigenvalue weighted by molar-refractivity contribution is -0.111. The largest absolute Gasteiger partial charge is 0.312 e. The molecule has 0 atom stereocenters. The van der Waals surface area contributed by atoms with Crippen LogP contribution in [-0.4, -0.2) is 36.0 Å². The zero-order chi connectivity index (χ0) is 8.20. The molecule has 0 unspecified atom stereocenters. The van der Waals surface area contributed by atoms with Crippen molar-refractivity contribution in [3.8, 4) is 0 Å². The maximum Gasteiger partial charge on any atom is 0.187 e. The van der Waals surface area contributed by atoms with Crippen LogP contribution in [-0.2, 0) is 14.7 Å². The van der Waals surface area contributed by atoms with Gasteiger partial charge in [-0.25, -0.2) is 0 Å². The summed E-state index contributed by atoms with van der Waals surface area (Å²) in [5.41, 5.74) is 0.188. The highest BCUT2D eigenvalue weighted by molar-refractivity contribution is 8.01. The third-order valence-electron chi connectivity index (χ3n) is 1.23. The number of carbonyl (C=O) groups excluding carboxylic acids is 1. The van der Waals surface area contributed by atoms with Gasteiger partial charge in [0.15, 0.2) is 7.85 Å². The van der Waals surface area contributed by atoms with Crippen molar-refractivity contribution < 1.29 is 9.00 Å². The summed E-state index contributed by atoms with van der Waals surface area (Å²) in [6.07, 6.45) is 4.87. The van der Waals surface area contributed by atoms with Crippen LogP contribution in [0.3, 0.4) is 0 Å². The van der Waals surface area contributed by atoms with E-state index in [1.54, 1.807) is 20.4 Å². The van der Waals surface area contributed by atoms with Crippen molar-refractivity contribution in [3.05, 3.63) is 0 Å². The molecule has 0 amide bonds. The summed E-state index contributed by atoms with van der Waals surface area (Å²) in [6.45, 7) is 0. The van der Waals surface area contributed by atoms with Gasteiger partial charge in [0, 0.05) is 5.75 Å². The molecule has 0 spiro atoms. The monoisotopic (exact) mass is 162 g/mol. The van der Waals surface area contributed by atoms with Crippen LogP contribution in [0.25, 0.3) is 0 Å². The van der Waals surface area contributed by atoms with E-state index in [4.69, 9.17) is 0 Å². The predicted molar refractivity (Wildman–Crippen MR) is 49.0 cm³/mol. The standard InChI is InChI=1S/C6H15BO2S/c1-10(2,9)5-3-4-6(7)8/h10H,3-5,7H2,1-2H3. The average Bonchev–Trinajstić information content (AvgIpc) is 1.59. The zero-order valence-electron chi connectivity index (χ0n) is 6.89. The van der Waals surface area contributed by atoms with Crippen LogP contribution in [0, 0.1) is 0 Å². The minimum absolute atomic E-state index is 0.188. The van der Waals surface area contributed by atoms with E-state index in [0.717, 1.165) is 6.42 Å². The molecule has 2 nitrogen and oxygen atoms in total. The van der Waals surface area contributed by atoms with Gasteiger partial charge in [0.25, 0.3) is 0 Å². The summed E-state index contributed by atoms with van der Waals surface area (Å²) < 4.78 is 11.1. The van der Waals surface area contributed by atoms with Gasteiger partial charge in [-0.2, -0.15) is 0 Å². The summed E-state index contributed by atoms with van der Waals surface area (Å²) in [5, 5.41) is 0. The predicted octanol–water partition coefficient (Wildman–Crippen LogP) is -0.797. The van der Waals surface area contributed by atoms with Crippen LogP contribution < -0.4 is 0 Å². The minimum Gasteiger partial charge on any atom is -0.312 e. The lowest BCUT2D eigenvalue weighted by atomic mass is 9.99. The van der Waals surface area contributed by atoms with E-state index in [1.165, 1.54) is 0 Å². The Morgan fingerprint density at radius 3 is 2.30 bits per heavy atom. The van der Waals surface area contributed by atoms with Crippen LogP contribution in [0.1, 0.15) is 12.8 Å². The topological polar surface area (TPSA) is 34.1 Å². The second kappa shape index (κ2) is 3.91. The van der Waals surface area contributed by atoms with Crippen molar-refractivity contribution in [1.82, 2.24) is 0 Å². The molecule has 0 fully saturated rings. The molecule has 0 heterocycles. The summed E-state index contributed by atoms with van der Waals surface area (Å²) in [7, 11) is -0.308. The lowest BCUT2D eigenvalue weighted by Gasteiger charge is -2.09. The van der Waals surface area contributed by atoms with Gasteiger partial charge in [-0.05, 0) is 25.4 Å². The maximum absolute atomic E-state index is 11.1. The van der Waals surface area contributed by atoms with Gasteiger partial charge in [0.1, 0.15) is 0 Å². The third-order valence-corrected chi connectivity index (χ3v) is 2.62. The Morgan fingerprint density at radius 1 is 1.50 bits per heavy atom. The normalized spacial score (nSPS) is 13.0. The molecular weight excluding hydrogens is 147 g/mol. The highest BCUT2D eigenvalue weighted by atomic mass is 32.2. The molecule has 4 heteroatoms. The van der Waals surface area contributed by atoms with Gasteiger partial charge in [-0.1, -0.05) is 0 Å². The van der Waals surface area contributed by atoms with Gasteiger partial charge < -0.3 is 4.79 Å². The number of thiol groups is 1. The Hall–Kier alpha value is -0.115. The average molecular weight is 162 g/mol. The van der Waals surface area contributed by atoms with Gasteiger partial charge in [0.05, 0.1) is 5.68 Å². The Bertz CT molecular complexity index is 161. The van der Waals surface area contributed by atoms with E-state index in [-0.39, 0.29) is 5.68 Å². The number of hydrogen-bond acceptors (Lipinski definition) is 2. The summed E-state index contributed by atoms with van der Waals surface area (Å²) in [6, 6.07) is 0. The van der Waals surface area contributed by atoms with Crippen molar-refractivity contribution in [2.24, 2.45) is 0 Å². The van der Waals surface area contributed by atoms with Gasteiger partial charge in [-0.3, -0.25) is 4.21 Å². The maximum atomic E-state index is 11.1. The molecule has 0 aromatic heterocycles. The molecule has 0 aliphatic heterocycles. The van der Waals surface area contributed by atoms with Crippen LogP contribution in [0.2, 0.25) is 0 Å². The summed E-state index contributed by atoms with van der Waals surface area (Å²) in [5.74, 6) is 0.701. The smallest absolute Gasteiger partial charge is 0.187 e. The first-order chi connectivity index (χ1) is 4.42. The van der Waals surface area contributed by atoms with Crippen LogP contribution in [0.5, 0.6) is 0 Å². The van der Waals surface area contributed by atoms with E-state index in [9.17, 15) is 9.00 Å². The number of hydrogen-bond donors (Lipinski definition) is 1.